The van der Waals surface area contributed by atoms with Gasteiger partial charge in [0, 0.05) is 0 Å². The molecule has 1 unspecified atom stereocenters. The molecule has 0 N–H and O–H groups in total. The first-order valence-electron chi connectivity index (χ1n) is 7.06. The molecule has 0 spiro atoms. The average Bonchev–Trinajstić information content (AvgIpc) is 2.28. The van der Waals surface area contributed by atoms with Crippen molar-refractivity contribution in [1.82, 2.24) is 0 Å². The Kier molecular flexibility index (Phi) is 7.50. The van der Waals surface area contributed by atoms with Gasteiger partial charge in [-0.25, -0.2) is 0 Å². The highest BCUT2D eigenvalue weighted by atomic mass is 28.4. The van der Waals surface area contributed by atoms with Crippen LogP contribution in [0.3, 0.4) is 0 Å². The van der Waals surface area contributed by atoms with E-state index in [-0.39, 0.29) is 6.10 Å². The van der Waals surface area contributed by atoms with E-state index in [4.69, 9.17) is 4.43 Å². The van der Waals surface area contributed by atoms with Gasteiger partial charge in [-0.05, 0) is 29.1 Å². The van der Waals surface area contributed by atoms with E-state index in [1.54, 1.807) is 0 Å². The number of allylic oxidation sites excluding steroid dienone is 1. The van der Waals surface area contributed by atoms with Gasteiger partial charge in [0.25, 0.3) is 0 Å². The molecule has 0 saturated carbocycles. The van der Waals surface area contributed by atoms with Crippen LogP contribution in [0.25, 0.3) is 0 Å². The van der Waals surface area contributed by atoms with Crippen molar-refractivity contribution in [3.05, 3.63) is 12.2 Å². The second-order valence-electron chi connectivity index (χ2n) is 5.82. The highest BCUT2D eigenvalue weighted by Crippen LogP contribution is 2.43. The lowest BCUT2D eigenvalue weighted by Gasteiger charge is -2.43. The molecular formula is C15H29NOSi. The Morgan fingerprint density at radius 2 is 1.50 bits per heavy atom. The summed E-state index contributed by atoms with van der Waals surface area (Å²) in [7, 11) is -1.94. The normalized spacial score (nSPS) is 14.7. The lowest BCUT2D eigenvalue weighted by atomic mass is 10.3. The van der Waals surface area contributed by atoms with Crippen LogP contribution in [-0.4, -0.2) is 14.4 Å². The van der Waals surface area contributed by atoms with Crippen molar-refractivity contribution in [2.45, 2.75) is 77.6 Å². The predicted octanol–water partition coefficient (Wildman–Crippen LogP) is 5.04. The predicted molar refractivity (Wildman–Crippen MR) is 81.0 cm³/mol. The zero-order valence-corrected chi connectivity index (χ0v) is 14.0. The van der Waals surface area contributed by atoms with Crippen LogP contribution in [0.4, 0.5) is 0 Å². The van der Waals surface area contributed by atoms with Gasteiger partial charge in [0.05, 0.1) is 6.07 Å². The van der Waals surface area contributed by atoms with E-state index in [1.807, 2.05) is 12.2 Å². The summed E-state index contributed by atoms with van der Waals surface area (Å²) in [6.07, 6.45) is 4.49. The molecule has 2 nitrogen and oxygen atoms in total. The van der Waals surface area contributed by atoms with Crippen molar-refractivity contribution in [1.29, 1.82) is 5.26 Å². The van der Waals surface area contributed by atoms with Gasteiger partial charge >= 0.3 is 0 Å². The average molecular weight is 267 g/mol. The van der Waals surface area contributed by atoms with Crippen LogP contribution >= 0.6 is 0 Å². The summed E-state index contributed by atoms with van der Waals surface area (Å²) in [5, 5.41) is 9.26. The molecule has 0 heterocycles. The number of hydrogen-bond acceptors (Lipinski definition) is 2. The Balaban J connectivity index is 5.22. The highest BCUT2D eigenvalue weighted by Gasteiger charge is 2.46. The van der Waals surface area contributed by atoms with Gasteiger partial charge in [-0.15, -0.1) is 0 Å². The standard InChI is InChI=1S/C15H29NOSi/c1-8-9-10-15(11-16)17-18(12(2)3,13(4)5)14(6)7/h9-10,12-15H,8H2,1-7H3/b10-9+. The fraction of sp³-hybridized carbons (Fsp3) is 0.800. The molecule has 0 amide bonds. The van der Waals surface area contributed by atoms with Crippen molar-refractivity contribution in [3.8, 4) is 6.07 Å². The highest BCUT2D eigenvalue weighted by molar-refractivity contribution is 6.77. The SMILES string of the molecule is CC/C=C/C(C#N)O[Si](C(C)C)(C(C)C)C(C)C. The van der Waals surface area contributed by atoms with E-state index >= 15 is 0 Å². The van der Waals surface area contributed by atoms with Crippen LogP contribution < -0.4 is 0 Å². The molecule has 0 aliphatic heterocycles. The Hall–Kier alpha value is -0.593. The molecule has 1 atom stereocenters. The first-order chi connectivity index (χ1) is 8.32. The van der Waals surface area contributed by atoms with Crippen LogP contribution in [0.1, 0.15) is 54.9 Å². The van der Waals surface area contributed by atoms with E-state index in [9.17, 15) is 5.26 Å². The van der Waals surface area contributed by atoms with Crippen LogP contribution in [0.2, 0.25) is 16.6 Å². The molecule has 0 bridgehead atoms. The Labute approximate surface area is 114 Å². The lowest BCUT2D eigenvalue weighted by molar-refractivity contribution is 0.263. The summed E-state index contributed by atoms with van der Waals surface area (Å²) >= 11 is 0. The molecule has 0 aromatic carbocycles. The number of nitriles is 1. The van der Waals surface area contributed by atoms with E-state index in [0.717, 1.165) is 6.42 Å². The third-order valence-electron chi connectivity index (χ3n) is 3.71. The number of hydrogen-bond donors (Lipinski definition) is 0. The zero-order valence-electron chi connectivity index (χ0n) is 13.0. The Bertz CT molecular complexity index is 280. The molecular weight excluding hydrogens is 238 g/mol. The summed E-state index contributed by atoms with van der Waals surface area (Å²) in [4.78, 5) is 0. The van der Waals surface area contributed by atoms with Gasteiger partial charge < -0.3 is 4.43 Å². The van der Waals surface area contributed by atoms with Gasteiger partial charge in [0.15, 0.2) is 6.10 Å². The van der Waals surface area contributed by atoms with Crippen molar-refractivity contribution in [2.24, 2.45) is 0 Å². The molecule has 0 aromatic rings. The summed E-state index contributed by atoms with van der Waals surface area (Å²) in [6, 6.07) is 2.28. The molecule has 0 aliphatic rings. The molecule has 0 radical (unpaired) electrons. The van der Waals surface area contributed by atoms with Crippen LogP contribution in [0.15, 0.2) is 12.2 Å². The molecule has 0 saturated heterocycles. The van der Waals surface area contributed by atoms with Crippen molar-refractivity contribution in [3.63, 3.8) is 0 Å². The lowest BCUT2D eigenvalue weighted by Crippen LogP contribution is -2.49. The van der Waals surface area contributed by atoms with E-state index in [1.165, 1.54) is 0 Å². The summed E-state index contributed by atoms with van der Waals surface area (Å²) in [5.41, 5.74) is 1.55. The van der Waals surface area contributed by atoms with Crippen molar-refractivity contribution >= 4 is 8.32 Å². The minimum absolute atomic E-state index is 0.385. The minimum atomic E-state index is -1.94. The minimum Gasteiger partial charge on any atom is -0.398 e. The number of nitrogens with zero attached hydrogens (tertiary/aromatic N) is 1. The van der Waals surface area contributed by atoms with Crippen LogP contribution in [0.5, 0.6) is 0 Å². The van der Waals surface area contributed by atoms with Crippen LogP contribution in [-0.2, 0) is 4.43 Å². The van der Waals surface area contributed by atoms with E-state index in [0.29, 0.717) is 16.6 Å². The van der Waals surface area contributed by atoms with Crippen molar-refractivity contribution < 1.29 is 4.43 Å². The fourth-order valence-corrected chi connectivity index (χ4v) is 8.38. The first kappa shape index (κ1) is 17.4. The topological polar surface area (TPSA) is 33.0 Å². The second kappa shape index (κ2) is 7.76. The maximum atomic E-state index is 9.26. The van der Waals surface area contributed by atoms with Crippen molar-refractivity contribution in [2.75, 3.05) is 0 Å². The zero-order chi connectivity index (χ0) is 14.3. The van der Waals surface area contributed by atoms with Gasteiger partial charge in [-0.1, -0.05) is 54.5 Å². The van der Waals surface area contributed by atoms with E-state index < -0.39 is 8.32 Å². The first-order valence-corrected chi connectivity index (χ1v) is 9.20. The smallest absolute Gasteiger partial charge is 0.202 e. The second-order valence-corrected chi connectivity index (χ2v) is 11.2. The van der Waals surface area contributed by atoms with Gasteiger partial charge in [0.2, 0.25) is 8.32 Å². The number of rotatable bonds is 7. The molecule has 18 heavy (non-hydrogen) atoms. The largest absolute Gasteiger partial charge is 0.398 e. The van der Waals surface area contributed by atoms with E-state index in [2.05, 4.69) is 54.5 Å². The quantitative estimate of drug-likeness (QED) is 0.478. The monoisotopic (exact) mass is 267 g/mol. The summed E-state index contributed by atoms with van der Waals surface area (Å²) in [6.45, 7) is 15.5. The van der Waals surface area contributed by atoms with Gasteiger partial charge in [-0.3, -0.25) is 0 Å². The third-order valence-corrected chi connectivity index (χ3v) is 9.79. The molecule has 0 aliphatic carbocycles. The Morgan fingerprint density at radius 1 is 1.06 bits per heavy atom. The van der Waals surface area contributed by atoms with Gasteiger partial charge in [-0.2, -0.15) is 5.26 Å². The maximum Gasteiger partial charge on any atom is 0.202 e. The Morgan fingerprint density at radius 3 is 1.78 bits per heavy atom. The molecule has 0 fully saturated rings. The molecule has 104 valence electrons. The fourth-order valence-electron chi connectivity index (χ4n) is 3.00. The summed E-state index contributed by atoms with van der Waals surface area (Å²) < 4.78 is 6.36. The van der Waals surface area contributed by atoms with Crippen LogP contribution in [0, 0.1) is 11.3 Å². The molecule has 3 heteroatoms. The maximum absolute atomic E-state index is 9.26. The third kappa shape index (κ3) is 3.96. The summed E-state index contributed by atoms with van der Waals surface area (Å²) in [5.74, 6) is 0. The molecule has 0 rings (SSSR count). The van der Waals surface area contributed by atoms with Gasteiger partial charge in [0.1, 0.15) is 0 Å². The molecule has 0 aromatic heterocycles.